The van der Waals surface area contributed by atoms with Gasteiger partial charge in [-0.2, -0.15) is 9.61 Å². The highest BCUT2D eigenvalue weighted by molar-refractivity contribution is 5.85. The van der Waals surface area contributed by atoms with Crippen molar-refractivity contribution in [1.82, 2.24) is 25.2 Å². The lowest BCUT2D eigenvalue weighted by atomic mass is 10.2. The number of fused-ring (bicyclic) bond motifs is 1. The van der Waals surface area contributed by atoms with E-state index in [4.69, 9.17) is 4.74 Å². The Kier molecular flexibility index (Phi) is 6.01. The molecule has 9 heteroatoms. The van der Waals surface area contributed by atoms with Gasteiger partial charge in [-0.25, -0.2) is 9.78 Å². The molecule has 1 saturated heterocycles. The fraction of sp³-hybridized carbons (Fsp3) is 0.579. The molecule has 2 aromatic heterocycles. The third kappa shape index (κ3) is 4.90. The Bertz CT molecular complexity index is 828. The highest BCUT2D eigenvalue weighted by Crippen LogP contribution is 2.25. The summed E-state index contributed by atoms with van der Waals surface area (Å²) in [6.07, 6.45) is 5.38. The number of alkyl carbamates (subject to hydrolysis) is 1. The summed E-state index contributed by atoms with van der Waals surface area (Å²) in [6.45, 7) is 7.20. The van der Waals surface area contributed by atoms with Crippen molar-refractivity contribution in [3.63, 3.8) is 0 Å². The van der Waals surface area contributed by atoms with Gasteiger partial charge in [0, 0.05) is 31.9 Å². The van der Waals surface area contributed by atoms with E-state index in [1.807, 2.05) is 32.9 Å². The number of anilines is 1. The van der Waals surface area contributed by atoms with E-state index in [1.54, 1.807) is 16.9 Å². The molecule has 28 heavy (non-hydrogen) atoms. The molecule has 2 amide bonds. The summed E-state index contributed by atoms with van der Waals surface area (Å²) in [5.41, 5.74) is 0.244. The lowest BCUT2D eigenvalue weighted by Crippen LogP contribution is -2.44. The Morgan fingerprint density at radius 1 is 1.21 bits per heavy atom. The molecule has 3 rings (SSSR count). The zero-order valence-electron chi connectivity index (χ0n) is 16.6. The van der Waals surface area contributed by atoms with Gasteiger partial charge in [0.25, 0.3) is 0 Å². The first kappa shape index (κ1) is 19.9. The van der Waals surface area contributed by atoms with Gasteiger partial charge in [0.1, 0.15) is 17.5 Å². The third-order valence-electron chi connectivity index (χ3n) is 4.44. The molecule has 0 spiro atoms. The molecule has 2 N–H and O–H groups in total. The normalized spacial score (nSPS) is 17.0. The molecule has 1 aliphatic heterocycles. The lowest BCUT2D eigenvalue weighted by Gasteiger charge is -2.26. The predicted molar refractivity (Wildman–Crippen MR) is 105 cm³/mol. The van der Waals surface area contributed by atoms with Gasteiger partial charge in [-0.1, -0.05) is 0 Å². The molecule has 0 radical (unpaired) electrons. The third-order valence-corrected chi connectivity index (χ3v) is 4.44. The smallest absolute Gasteiger partial charge is 0.407 e. The number of amides is 2. The van der Waals surface area contributed by atoms with Gasteiger partial charge >= 0.3 is 6.09 Å². The number of aromatic nitrogens is 3. The van der Waals surface area contributed by atoms with Crippen LogP contribution in [0, 0.1) is 0 Å². The SMILES string of the molecule is CC(C)(C)OC(=O)NCCCNC(=O)[C@@H]1CCCN1c1ccnc2ccnn12. The van der Waals surface area contributed by atoms with Crippen LogP contribution in [0.2, 0.25) is 0 Å². The molecule has 0 saturated carbocycles. The monoisotopic (exact) mass is 388 g/mol. The molecule has 0 aliphatic carbocycles. The van der Waals surface area contributed by atoms with Crippen LogP contribution in [0.5, 0.6) is 0 Å². The number of carbonyl (C=O) groups is 2. The second kappa shape index (κ2) is 8.45. The number of hydrogen-bond donors (Lipinski definition) is 2. The molecule has 152 valence electrons. The average Bonchev–Trinajstić information content (AvgIpc) is 3.28. The topological polar surface area (TPSA) is 101 Å². The maximum Gasteiger partial charge on any atom is 0.407 e. The van der Waals surface area contributed by atoms with Crippen molar-refractivity contribution in [1.29, 1.82) is 0 Å². The predicted octanol–water partition coefficient (Wildman–Crippen LogP) is 1.73. The minimum Gasteiger partial charge on any atom is -0.444 e. The van der Waals surface area contributed by atoms with Gasteiger partial charge in [-0.3, -0.25) is 4.79 Å². The maximum absolute atomic E-state index is 12.7. The van der Waals surface area contributed by atoms with Crippen LogP contribution in [0.3, 0.4) is 0 Å². The molecular formula is C19H28N6O3. The van der Waals surface area contributed by atoms with E-state index in [9.17, 15) is 9.59 Å². The fourth-order valence-electron chi connectivity index (χ4n) is 3.27. The summed E-state index contributed by atoms with van der Waals surface area (Å²) in [5.74, 6) is 0.867. The Balaban J connectivity index is 1.48. The van der Waals surface area contributed by atoms with Crippen molar-refractivity contribution in [2.24, 2.45) is 0 Å². The lowest BCUT2D eigenvalue weighted by molar-refractivity contribution is -0.122. The van der Waals surface area contributed by atoms with Gasteiger partial charge in [0.2, 0.25) is 5.91 Å². The van der Waals surface area contributed by atoms with Crippen molar-refractivity contribution in [2.45, 2.75) is 51.7 Å². The van der Waals surface area contributed by atoms with Crippen molar-refractivity contribution in [3.05, 3.63) is 24.5 Å². The molecule has 0 aromatic carbocycles. The minimum atomic E-state index is -0.517. The number of carbonyl (C=O) groups excluding carboxylic acids is 2. The van der Waals surface area contributed by atoms with Gasteiger partial charge in [-0.05, 0) is 46.1 Å². The zero-order valence-corrected chi connectivity index (χ0v) is 16.6. The summed E-state index contributed by atoms with van der Waals surface area (Å²) in [4.78, 5) is 30.6. The van der Waals surface area contributed by atoms with Crippen LogP contribution in [-0.2, 0) is 9.53 Å². The van der Waals surface area contributed by atoms with Crippen LogP contribution in [0.1, 0.15) is 40.0 Å². The number of hydrogen-bond acceptors (Lipinski definition) is 6. The molecule has 2 aromatic rings. The Morgan fingerprint density at radius 3 is 2.79 bits per heavy atom. The zero-order chi connectivity index (χ0) is 20.1. The maximum atomic E-state index is 12.7. The average molecular weight is 388 g/mol. The van der Waals surface area contributed by atoms with E-state index >= 15 is 0 Å². The van der Waals surface area contributed by atoms with E-state index in [1.165, 1.54) is 0 Å². The van der Waals surface area contributed by atoms with Crippen LogP contribution in [0.4, 0.5) is 10.6 Å². The first-order valence-corrected chi connectivity index (χ1v) is 9.65. The van der Waals surface area contributed by atoms with Crippen molar-refractivity contribution >= 4 is 23.5 Å². The van der Waals surface area contributed by atoms with Gasteiger partial charge in [0.15, 0.2) is 5.65 Å². The van der Waals surface area contributed by atoms with Crippen LogP contribution in [-0.4, -0.2) is 57.9 Å². The number of nitrogens with one attached hydrogen (secondary N) is 2. The Labute approximate surface area is 164 Å². The molecule has 9 nitrogen and oxygen atoms in total. The van der Waals surface area contributed by atoms with Gasteiger partial charge < -0.3 is 20.3 Å². The standard InChI is InChI=1S/C19H28N6O3/c1-19(2,3)28-18(27)22-10-5-9-21-17(26)14-6-4-13-24(14)16-8-11-20-15-7-12-23-25(15)16/h7-8,11-12,14H,4-6,9-10,13H2,1-3H3,(H,21,26)(H,22,27)/t14-/m0/s1. The quantitative estimate of drug-likeness (QED) is 0.731. The molecule has 1 fully saturated rings. The number of nitrogens with zero attached hydrogens (tertiary/aromatic N) is 4. The first-order valence-electron chi connectivity index (χ1n) is 9.65. The second-order valence-corrected chi connectivity index (χ2v) is 7.83. The van der Waals surface area contributed by atoms with E-state index in [-0.39, 0.29) is 11.9 Å². The van der Waals surface area contributed by atoms with Crippen LogP contribution in [0.25, 0.3) is 5.65 Å². The summed E-state index contributed by atoms with van der Waals surface area (Å²) in [7, 11) is 0. The number of ether oxygens (including phenoxy) is 1. The molecule has 1 aliphatic rings. The highest BCUT2D eigenvalue weighted by atomic mass is 16.6. The van der Waals surface area contributed by atoms with Crippen molar-refractivity contribution in [3.8, 4) is 0 Å². The highest BCUT2D eigenvalue weighted by Gasteiger charge is 2.32. The minimum absolute atomic E-state index is 0.00751. The van der Waals surface area contributed by atoms with Crippen molar-refractivity contribution in [2.75, 3.05) is 24.5 Å². The molecule has 0 unspecified atom stereocenters. The van der Waals surface area contributed by atoms with E-state index < -0.39 is 11.7 Å². The molecular weight excluding hydrogens is 360 g/mol. The Morgan fingerprint density at radius 2 is 2.00 bits per heavy atom. The largest absolute Gasteiger partial charge is 0.444 e. The van der Waals surface area contributed by atoms with Crippen LogP contribution >= 0.6 is 0 Å². The molecule has 1 atom stereocenters. The second-order valence-electron chi connectivity index (χ2n) is 7.83. The molecule has 0 bridgehead atoms. The van der Waals surface area contributed by atoms with Gasteiger partial charge in [-0.15, -0.1) is 0 Å². The summed E-state index contributed by atoms with van der Waals surface area (Å²) < 4.78 is 6.94. The number of rotatable bonds is 6. The first-order chi connectivity index (χ1) is 13.3. The van der Waals surface area contributed by atoms with E-state index in [2.05, 4.69) is 25.6 Å². The van der Waals surface area contributed by atoms with Crippen LogP contribution in [0.15, 0.2) is 24.5 Å². The summed E-state index contributed by atoms with van der Waals surface area (Å²) >= 11 is 0. The van der Waals surface area contributed by atoms with Crippen molar-refractivity contribution < 1.29 is 14.3 Å². The summed E-state index contributed by atoms with van der Waals surface area (Å²) in [5, 5.41) is 9.98. The summed E-state index contributed by atoms with van der Waals surface area (Å²) in [6, 6.07) is 3.50. The van der Waals surface area contributed by atoms with Crippen LogP contribution < -0.4 is 15.5 Å². The van der Waals surface area contributed by atoms with E-state index in [0.717, 1.165) is 30.9 Å². The van der Waals surface area contributed by atoms with Gasteiger partial charge in [0.05, 0.1) is 6.20 Å². The fourth-order valence-corrected chi connectivity index (χ4v) is 3.27. The Hall–Kier alpha value is -2.84. The van der Waals surface area contributed by atoms with E-state index in [0.29, 0.717) is 19.5 Å². The molecule has 3 heterocycles.